The second-order valence-electron chi connectivity index (χ2n) is 4.46. The highest BCUT2D eigenvalue weighted by molar-refractivity contribution is 5.85. The van der Waals surface area contributed by atoms with Gasteiger partial charge in [-0.3, -0.25) is 4.79 Å². The van der Waals surface area contributed by atoms with Crippen molar-refractivity contribution in [2.45, 2.75) is 19.1 Å². The maximum atomic E-state index is 13.1. The number of benzene rings is 1. The van der Waals surface area contributed by atoms with Crippen molar-refractivity contribution in [2.24, 2.45) is 0 Å². The van der Waals surface area contributed by atoms with E-state index in [1.165, 1.54) is 13.0 Å². The zero-order chi connectivity index (χ0) is 16.9. The van der Waals surface area contributed by atoms with E-state index in [2.05, 4.69) is 4.74 Å². The molecule has 1 aromatic carbocycles. The fourth-order valence-electron chi connectivity index (χ4n) is 1.60. The van der Waals surface area contributed by atoms with Crippen molar-refractivity contribution in [3.8, 4) is 0 Å². The molecular formula is C13H13F4NO4. The lowest BCUT2D eigenvalue weighted by Crippen LogP contribution is -2.36. The Morgan fingerprint density at radius 3 is 2.50 bits per heavy atom. The third-order valence-electron chi connectivity index (χ3n) is 2.57. The molecule has 0 aromatic heterocycles. The summed E-state index contributed by atoms with van der Waals surface area (Å²) >= 11 is 0. The molecule has 1 atom stereocenters. The summed E-state index contributed by atoms with van der Waals surface area (Å²) < 4.78 is 52.8. The van der Waals surface area contributed by atoms with E-state index in [0.717, 1.165) is 12.1 Å². The number of rotatable bonds is 6. The van der Waals surface area contributed by atoms with Crippen LogP contribution < -0.4 is 5.32 Å². The van der Waals surface area contributed by atoms with Gasteiger partial charge in [-0.05, 0) is 24.1 Å². The van der Waals surface area contributed by atoms with Crippen LogP contribution in [0.5, 0.6) is 0 Å². The number of aryl methyl sites for hydroxylation is 1. The lowest BCUT2D eigenvalue weighted by atomic mass is 10.0. The number of amides is 1. The molecule has 0 saturated carbocycles. The van der Waals surface area contributed by atoms with Gasteiger partial charge in [0.05, 0.1) is 0 Å². The van der Waals surface area contributed by atoms with Crippen molar-refractivity contribution in [3.05, 3.63) is 35.1 Å². The molecule has 1 amide bonds. The zero-order valence-corrected chi connectivity index (χ0v) is 11.4. The van der Waals surface area contributed by atoms with Gasteiger partial charge in [-0.15, -0.1) is 0 Å². The molecule has 22 heavy (non-hydrogen) atoms. The number of hydrogen-bond donors (Lipinski definition) is 2. The van der Waals surface area contributed by atoms with Crippen molar-refractivity contribution in [1.82, 2.24) is 5.32 Å². The molecule has 0 heterocycles. The fourth-order valence-corrected chi connectivity index (χ4v) is 1.60. The number of alkyl halides is 3. The minimum absolute atomic E-state index is 0.0931. The first-order valence-electron chi connectivity index (χ1n) is 6.03. The number of carbonyl (C=O) groups excluding carboxylic acids is 1. The number of ether oxygens (including phenoxy) is 1. The van der Waals surface area contributed by atoms with Crippen LogP contribution in [-0.2, 0) is 14.3 Å². The van der Waals surface area contributed by atoms with E-state index in [9.17, 15) is 27.2 Å². The van der Waals surface area contributed by atoms with E-state index in [1.807, 2.05) is 5.32 Å². The van der Waals surface area contributed by atoms with Crippen LogP contribution in [-0.4, -0.2) is 36.4 Å². The Hall–Kier alpha value is -2.16. The number of nitrogens with one attached hydrogen (secondary N) is 1. The second kappa shape index (κ2) is 7.21. The summed E-state index contributed by atoms with van der Waals surface area (Å²) in [5.41, 5.74) is 0.266. The Bertz CT molecular complexity index is 559. The standard InChI is InChI=1S/C13H13F4NO4/c1-7-4-8(2-3-9(7)14)11(12(20)21)18-10(19)5-22-6-13(15,16)17/h2-4,11H,5-6H2,1H3,(H,18,19)(H,20,21). The minimum atomic E-state index is -4.58. The minimum Gasteiger partial charge on any atom is -0.479 e. The molecule has 0 saturated heterocycles. The van der Waals surface area contributed by atoms with Gasteiger partial charge in [0.2, 0.25) is 5.91 Å². The lowest BCUT2D eigenvalue weighted by Gasteiger charge is -2.16. The van der Waals surface area contributed by atoms with E-state index in [-0.39, 0.29) is 11.1 Å². The lowest BCUT2D eigenvalue weighted by molar-refractivity contribution is -0.176. The van der Waals surface area contributed by atoms with Gasteiger partial charge in [0.25, 0.3) is 0 Å². The quantitative estimate of drug-likeness (QED) is 0.785. The van der Waals surface area contributed by atoms with Gasteiger partial charge in [-0.25, -0.2) is 9.18 Å². The molecule has 0 bridgehead atoms. The van der Waals surface area contributed by atoms with Crippen molar-refractivity contribution in [1.29, 1.82) is 0 Å². The van der Waals surface area contributed by atoms with Gasteiger partial charge in [-0.1, -0.05) is 12.1 Å². The topological polar surface area (TPSA) is 75.6 Å². The van der Waals surface area contributed by atoms with Crippen LogP contribution in [0.3, 0.4) is 0 Å². The van der Waals surface area contributed by atoms with E-state index in [1.54, 1.807) is 0 Å². The predicted octanol–water partition coefficient (Wildman–Crippen LogP) is 1.95. The summed E-state index contributed by atoms with van der Waals surface area (Å²) in [6, 6.07) is 1.91. The Morgan fingerprint density at radius 1 is 1.36 bits per heavy atom. The Kier molecular flexibility index (Phi) is 5.86. The summed E-state index contributed by atoms with van der Waals surface area (Å²) in [5.74, 6) is -3.01. The highest BCUT2D eigenvalue weighted by Crippen LogP contribution is 2.17. The third kappa shape index (κ3) is 5.68. The SMILES string of the molecule is Cc1cc(C(NC(=O)COCC(F)(F)F)C(=O)O)ccc1F. The summed E-state index contributed by atoms with van der Waals surface area (Å²) in [6.07, 6.45) is -4.58. The molecule has 9 heteroatoms. The van der Waals surface area contributed by atoms with Crippen LogP contribution in [0.1, 0.15) is 17.2 Å². The van der Waals surface area contributed by atoms with E-state index in [4.69, 9.17) is 5.11 Å². The maximum absolute atomic E-state index is 13.1. The molecule has 0 aliphatic carbocycles. The highest BCUT2D eigenvalue weighted by atomic mass is 19.4. The van der Waals surface area contributed by atoms with Crippen molar-refractivity contribution in [2.75, 3.05) is 13.2 Å². The molecule has 5 nitrogen and oxygen atoms in total. The molecule has 1 unspecified atom stereocenters. The van der Waals surface area contributed by atoms with E-state index < -0.39 is 43.1 Å². The number of hydrogen-bond acceptors (Lipinski definition) is 3. The Balaban J connectivity index is 2.70. The molecule has 0 radical (unpaired) electrons. The predicted molar refractivity (Wildman–Crippen MR) is 66.5 cm³/mol. The Labute approximate surface area is 122 Å². The van der Waals surface area contributed by atoms with Crippen LogP contribution in [0.25, 0.3) is 0 Å². The number of carbonyl (C=O) groups is 2. The van der Waals surface area contributed by atoms with Crippen molar-refractivity contribution in [3.63, 3.8) is 0 Å². The first-order chi connectivity index (χ1) is 10.1. The van der Waals surface area contributed by atoms with Crippen LogP contribution in [0.4, 0.5) is 17.6 Å². The molecule has 122 valence electrons. The maximum Gasteiger partial charge on any atom is 0.411 e. The van der Waals surface area contributed by atoms with Crippen molar-refractivity contribution >= 4 is 11.9 Å². The number of carboxylic acids is 1. The number of halogens is 4. The average Bonchev–Trinajstić information content (AvgIpc) is 2.37. The molecule has 1 aromatic rings. The van der Waals surface area contributed by atoms with Gasteiger partial charge < -0.3 is 15.2 Å². The van der Waals surface area contributed by atoms with Gasteiger partial charge >= 0.3 is 12.1 Å². The summed E-state index contributed by atoms with van der Waals surface area (Å²) in [5, 5.41) is 11.1. The van der Waals surface area contributed by atoms with Crippen molar-refractivity contribution < 1.29 is 37.0 Å². The van der Waals surface area contributed by atoms with Crippen LogP contribution in [0.2, 0.25) is 0 Å². The Morgan fingerprint density at radius 2 is 2.00 bits per heavy atom. The highest BCUT2D eigenvalue weighted by Gasteiger charge is 2.28. The smallest absolute Gasteiger partial charge is 0.411 e. The van der Waals surface area contributed by atoms with Gasteiger partial charge in [0.15, 0.2) is 6.04 Å². The monoisotopic (exact) mass is 323 g/mol. The largest absolute Gasteiger partial charge is 0.479 e. The molecule has 0 aliphatic rings. The van der Waals surface area contributed by atoms with E-state index in [0.29, 0.717) is 0 Å². The number of carboxylic acid groups (broad SMARTS) is 1. The van der Waals surface area contributed by atoms with Gasteiger partial charge in [-0.2, -0.15) is 13.2 Å². The summed E-state index contributed by atoms with van der Waals surface area (Å²) in [7, 11) is 0. The summed E-state index contributed by atoms with van der Waals surface area (Å²) in [4.78, 5) is 22.6. The zero-order valence-electron chi connectivity index (χ0n) is 11.4. The van der Waals surface area contributed by atoms with Crippen LogP contribution in [0, 0.1) is 12.7 Å². The van der Waals surface area contributed by atoms with Crippen LogP contribution >= 0.6 is 0 Å². The molecule has 1 rings (SSSR count). The molecule has 0 aliphatic heterocycles. The summed E-state index contributed by atoms with van der Waals surface area (Å²) in [6.45, 7) is -1.15. The van der Waals surface area contributed by atoms with E-state index >= 15 is 0 Å². The first-order valence-corrected chi connectivity index (χ1v) is 6.03. The third-order valence-corrected chi connectivity index (χ3v) is 2.57. The molecular weight excluding hydrogens is 310 g/mol. The second-order valence-corrected chi connectivity index (χ2v) is 4.46. The first kappa shape index (κ1) is 17.9. The normalized spacial score (nSPS) is 12.8. The molecule has 2 N–H and O–H groups in total. The average molecular weight is 323 g/mol. The van der Waals surface area contributed by atoms with Crippen LogP contribution in [0.15, 0.2) is 18.2 Å². The molecule has 0 fully saturated rings. The number of aliphatic carboxylic acids is 1. The van der Waals surface area contributed by atoms with Gasteiger partial charge in [0, 0.05) is 0 Å². The van der Waals surface area contributed by atoms with Gasteiger partial charge in [0.1, 0.15) is 19.0 Å². The molecule has 0 spiro atoms. The fraction of sp³-hybridized carbons (Fsp3) is 0.385.